The average molecular weight is 296 g/mol. The van der Waals surface area contributed by atoms with Gasteiger partial charge in [0.1, 0.15) is 12.4 Å². The predicted octanol–water partition coefficient (Wildman–Crippen LogP) is 3.52. The average Bonchev–Trinajstić information content (AvgIpc) is 2.83. The van der Waals surface area contributed by atoms with Crippen LogP contribution in [-0.2, 0) is 0 Å². The van der Waals surface area contributed by atoms with Gasteiger partial charge in [-0.25, -0.2) is 0 Å². The Morgan fingerprint density at radius 2 is 2.00 bits per heavy atom. The highest BCUT2D eigenvalue weighted by Gasteiger charge is 2.07. The maximum Gasteiger partial charge on any atom is 0.261 e. The number of carbonyl (C=O) groups is 1. The first-order valence-corrected chi connectivity index (χ1v) is 7.07. The van der Waals surface area contributed by atoms with Gasteiger partial charge in [-0.05, 0) is 31.2 Å². The number of halogens is 1. The molecular weight excluding hydrogens is 282 g/mol. The molecule has 0 radical (unpaired) electrons. The molecule has 0 spiro atoms. The fourth-order valence-electron chi connectivity index (χ4n) is 1.49. The normalized spacial score (nSPS) is 10.2. The summed E-state index contributed by atoms with van der Waals surface area (Å²) in [6, 6.07) is 11.2. The van der Waals surface area contributed by atoms with E-state index in [2.05, 4.69) is 5.32 Å². The maximum absolute atomic E-state index is 11.7. The van der Waals surface area contributed by atoms with Crippen molar-refractivity contribution < 1.29 is 9.53 Å². The van der Waals surface area contributed by atoms with Gasteiger partial charge in [-0.2, -0.15) is 0 Å². The monoisotopic (exact) mass is 295 g/mol. The number of hydrogen-bond acceptors (Lipinski definition) is 3. The summed E-state index contributed by atoms with van der Waals surface area (Å²) in [5.41, 5.74) is 1.19. The highest BCUT2D eigenvalue weighted by Crippen LogP contribution is 2.21. The summed E-state index contributed by atoms with van der Waals surface area (Å²) in [4.78, 5) is 12.3. The summed E-state index contributed by atoms with van der Waals surface area (Å²) in [5, 5.41) is 2.78. The van der Waals surface area contributed by atoms with E-state index in [1.807, 2.05) is 31.2 Å². The zero-order valence-corrected chi connectivity index (χ0v) is 12.1. The largest absolute Gasteiger partial charge is 0.492 e. The summed E-state index contributed by atoms with van der Waals surface area (Å²) in [6.07, 6.45) is 0. The number of nitrogens with one attached hydrogen (secondary N) is 1. The lowest BCUT2D eigenvalue weighted by Crippen LogP contribution is -2.27. The van der Waals surface area contributed by atoms with Crippen molar-refractivity contribution in [1.29, 1.82) is 0 Å². The first kappa shape index (κ1) is 13.9. The summed E-state index contributed by atoms with van der Waals surface area (Å²) in [6.45, 7) is 2.92. The van der Waals surface area contributed by atoms with Crippen LogP contribution in [0.25, 0.3) is 0 Å². The van der Waals surface area contributed by atoms with E-state index in [9.17, 15) is 4.79 Å². The molecule has 0 fully saturated rings. The van der Waals surface area contributed by atoms with Crippen molar-refractivity contribution in [2.24, 2.45) is 0 Å². The van der Waals surface area contributed by atoms with E-state index in [1.54, 1.807) is 12.1 Å². The lowest BCUT2D eigenvalue weighted by Gasteiger charge is -2.07. The van der Waals surface area contributed by atoms with Crippen molar-refractivity contribution in [1.82, 2.24) is 5.32 Å². The second kappa shape index (κ2) is 6.59. The Kier molecular flexibility index (Phi) is 4.82. The Hall–Kier alpha value is -1.52. The summed E-state index contributed by atoms with van der Waals surface area (Å²) in [7, 11) is 0. The van der Waals surface area contributed by atoms with E-state index in [0.29, 0.717) is 22.4 Å². The van der Waals surface area contributed by atoms with Gasteiger partial charge in [0.25, 0.3) is 5.91 Å². The lowest BCUT2D eigenvalue weighted by molar-refractivity contribution is 0.0951. The van der Waals surface area contributed by atoms with Crippen molar-refractivity contribution in [3.05, 3.63) is 51.2 Å². The third-order valence-electron chi connectivity index (χ3n) is 2.47. The van der Waals surface area contributed by atoms with Crippen LogP contribution in [0.2, 0.25) is 4.34 Å². The summed E-state index contributed by atoms with van der Waals surface area (Å²) >= 11 is 7.04. The quantitative estimate of drug-likeness (QED) is 0.857. The van der Waals surface area contributed by atoms with Gasteiger partial charge in [-0.15, -0.1) is 11.3 Å². The number of benzene rings is 1. The Balaban J connectivity index is 1.72. The highest BCUT2D eigenvalue weighted by atomic mass is 35.5. The van der Waals surface area contributed by atoms with Crippen molar-refractivity contribution >= 4 is 28.8 Å². The molecule has 1 aromatic heterocycles. The molecule has 1 amide bonds. The Morgan fingerprint density at radius 1 is 1.26 bits per heavy atom. The molecule has 0 bridgehead atoms. The molecule has 2 aromatic rings. The SMILES string of the molecule is Cc1ccc(OCCNC(=O)c2ccc(Cl)s2)cc1. The van der Waals surface area contributed by atoms with Crippen LogP contribution in [0.4, 0.5) is 0 Å². The van der Waals surface area contributed by atoms with Crippen molar-refractivity contribution in [3.63, 3.8) is 0 Å². The molecule has 1 heterocycles. The number of thiophene rings is 1. The Labute approximate surface area is 121 Å². The molecule has 0 saturated carbocycles. The molecule has 0 aliphatic rings. The highest BCUT2D eigenvalue weighted by molar-refractivity contribution is 7.17. The van der Waals surface area contributed by atoms with Gasteiger partial charge < -0.3 is 10.1 Å². The number of hydrogen-bond donors (Lipinski definition) is 1. The molecular formula is C14H14ClNO2S. The van der Waals surface area contributed by atoms with E-state index in [1.165, 1.54) is 16.9 Å². The molecule has 0 aliphatic carbocycles. The zero-order valence-electron chi connectivity index (χ0n) is 10.5. The lowest BCUT2D eigenvalue weighted by atomic mass is 10.2. The fraction of sp³-hybridized carbons (Fsp3) is 0.214. The van der Waals surface area contributed by atoms with Gasteiger partial charge in [0, 0.05) is 0 Å². The van der Waals surface area contributed by atoms with Gasteiger partial charge >= 0.3 is 0 Å². The maximum atomic E-state index is 11.7. The molecule has 2 rings (SSSR count). The minimum Gasteiger partial charge on any atom is -0.492 e. The minimum atomic E-state index is -0.121. The van der Waals surface area contributed by atoms with Crippen molar-refractivity contribution in [2.75, 3.05) is 13.2 Å². The fourth-order valence-corrected chi connectivity index (χ4v) is 2.45. The molecule has 1 aromatic carbocycles. The van der Waals surface area contributed by atoms with Crippen LogP contribution in [0.15, 0.2) is 36.4 Å². The number of rotatable bonds is 5. The zero-order chi connectivity index (χ0) is 13.7. The third-order valence-corrected chi connectivity index (χ3v) is 3.70. The molecule has 0 aliphatic heterocycles. The second-order valence-electron chi connectivity index (χ2n) is 4.02. The molecule has 19 heavy (non-hydrogen) atoms. The molecule has 1 N–H and O–H groups in total. The minimum absolute atomic E-state index is 0.121. The standard InChI is InChI=1S/C14H14ClNO2S/c1-10-2-4-11(5-3-10)18-9-8-16-14(17)12-6-7-13(15)19-12/h2-7H,8-9H2,1H3,(H,16,17). The third kappa shape index (κ3) is 4.26. The van der Waals surface area contributed by atoms with Crippen LogP contribution in [0, 0.1) is 6.92 Å². The smallest absolute Gasteiger partial charge is 0.261 e. The van der Waals surface area contributed by atoms with Gasteiger partial charge in [0.15, 0.2) is 0 Å². The van der Waals surface area contributed by atoms with Gasteiger partial charge in [0.2, 0.25) is 0 Å². The Bertz CT molecular complexity index is 551. The van der Waals surface area contributed by atoms with E-state index >= 15 is 0 Å². The summed E-state index contributed by atoms with van der Waals surface area (Å²) < 4.78 is 6.13. The van der Waals surface area contributed by atoms with Crippen molar-refractivity contribution in [3.8, 4) is 5.75 Å². The molecule has 0 unspecified atom stereocenters. The number of aryl methyl sites for hydroxylation is 1. The number of ether oxygens (including phenoxy) is 1. The summed E-state index contributed by atoms with van der Waals surface area (Å²) in [5.74, 6) is 0.684. The van der Waals surface area contributed by atoms with E-state index in [-0.39, 0.29) is 5.91 Å². The molecule has 0 saturated heterocycles. The van der Waals surface area contributed by atoms with Crippen LogP contribution in [0.1, 0.15) is 15.2 Å². The first-order valence-electron chi connectivity index (χ1n) is 5.88. The van der Waals surface area contributed by atoms with E-state index < -0.39 is 0 Å². The van der Waals surface area contributed by atoms with Crippen LogP contribution in [0.3, 0.4) is 0 Å². The van der Waals surface area contributed by atoms with Crippen molar-refractivity contribution in [2.45, 2.75) is 6.92 Å². The predicted molar refractivity (Wildman–Crippen MR) is 78.3 cm³/mol. The first-order chi connectivity index (χ1) is 9.15. The van der Waals surface area contributed by atoms with Gasteiger partial charge in [0.05, 0.1) is 15.8 Å². The number of carbonyl (C=O) groups excluding carboxylic acids is 1. The Morgan fingerprint density at radius 3 is 2.63 bits per heavy atom. The van der Waals surface area contributed by atoms with Crippen LogP contribution in [-0.4, -0.2) is 19.1 Å². The van der Waals surface area contributed by atoms with E-state index in [0.717, 1.165) is 5.75 Å². The molecule has 0 atom stereocenters. The second-order valence-corrected chi connectivity index (χ2v) is 5.74. The topological polar surface area (TPSA) is 38.3 Å². The molecule has 3 nitrogen and oxygen atoms in total. The number of amides is 1. The molecule has 100 valence electrons. The van der Waals surface area contributed by atoms with Crippen LogP contribution < -0.4 is 10.1 Å². The van der Waals surface area contributed by atoms with Gasteiger partial charge in [-0.3, -0.25) is 4.79 Å². The van der Waals surface area contributed by atoms with Crippen LogP contribution in [0.5, 0.6) is 5.75 Å². The van der Waals surface area contributed by atoms with Crippen LogP contribution >= 0.6 is 22.9 Å². The van der Waals surface area contributed by atoms with Gasteiger partial charge in [-0.1, -0.05) is 29.3 Å². The van der Waals surface area contributed by atoms with E-state index in [4.69, 9.17) is 16.3 Å². The molecule has 5 heteroatoms.